The molecule has 3 rings (SSSR count). The molecule has 0 heterocycles. The Kier molecular flexibility index (Phi) is 3.80. The van der Waals surface area contributed by atoms with Crippen LogP contribution in [0.2, 0.25) is 0 Å². The molecule has 1 heteroatoms. The topological polar surface area (TPSA) is 20.2 Å². The van der Waals surface area contributed by atoms with E-state index in [2.05, 4.69) is 42.5 Å². The highest BCUT2D eigenvalue weighted by Gasteiger charge is 2.08. The van der Waals surface area contributed by atoms with Crippen LogP contribution in [0, 0.1) is 0 Å². The SMILES string of the molecule is O[C@H](CCc1cccc2ccccc12)c1ccccc1. The van der Waals surface area contributed by atoms with Crippen molar-refractivity contribution in [3.63, 3.8) is 0 Å². The van der Waals surface area contributed by atoms with E-state index in [1.54, 1.807) is 0 Å². The fourth-order valence-electron chi connectivity index (χ4n) is 2.64. The van der Waals surface area contributed by atoms with Crippen molar-refractivity contribution in [1.29, 1.82) is 0 Å². The maximum absolute atomic E-state index is 10.3. The number of fused-ring (bicyclic) bond motifs is 1. The van der Waals surface area contributed by atoms with Gasteiger partial charge in [-0.15, -0.1) is 0 Å². The Morgan fingerprint density at radius 1 is 0.750 bits per heavy atom. The Bertz CT molecular complexity index is 683. The Hall–Kier alpha value is -2.12. The van der Waals surface area contributed by atoms with Gasteiger partial charge in [-0.1, -0.05) is 72.8 Å². The molecule has 3 aromatic rings. The van der Waals surface area contributed by atoms with E-state index in [4.69, 9.17) is 0 Å². The second-order valence-corrected chi connectivity index (χ2v) is 5.10. The zero-order valence-corrected chi connectivity index (χ0v) is 11.4. The minimum absolute atomic E-state index is 0.393. The molecule has 0 saturated heterocycles. The van der Waals surface area contributed by atoms with Crippen LogP contribution in [0.15, 0.2) is 72.8 Å². The van der Waals surface area contributed by atoms with Gasteiger partial charge in [0.05, 0.1) is 6.10 Å². The molecule has 0 radical (unpaired) electrons. The number of aliphatic hydroxyl groups excluding tert-OH is 1. The fourth-order valence-corrected chi connectivity index (χ4v) is 2.64. The van der Waals surface area contributed by atoms with Crippen LogP contribution in [0.5, 0.6) is 0 Å². The molecule has 1 atom stereocenters. The third-order valence-electron chi connectivity index (χ3n) is 3.75. The summed E-state index contributed by atoms with van der Waals surface area (Å²) in [5, 5.41) is 12.8. The van der Waals surface area contributed by atoms with E-state index in [9.17, 15) is 5.11 Å². The summed E-state index contributed by atoms with van der Waals surface area (Å²) in [5.74, 6) is 0. The first kappa shape index (κ1) is 12.9. The van der Waals surface area contributed by atoms with Gasteiger partial charge in [-0.25, -0.2) is 0 Å². The number of rotatable bonds is 4. The molecule has 100 valence electrons. The zero-order valence-electron chi connectivity index (χ0n) is 11.4. The molecule has 0 bridgehead atoms. The standard InChI is InChI=1S/C19H18O/c20-19(17-8-2-1-3-9-17)14-13-16-11-6-10-15-7-4-5-12-18(15)16/h1-12,19-20H,13-14H2/t19-/m1/s1. The van der Waals surface area contributed by atoms with E-state index in [1.807, 2.05) is 30.3 Å². The third kappa shape index (κ3) is 2.73. The van der Waals surface area contributed by atoms with Crippen molar-refractivity contribution in [2.45, 2.75) is 18.9 Å². The van der Waals surface area contributed by atoms with Gasteiger partial charge >= 0.3 is 0 Å². The second kappa shape index (κ2) is 5.89. The van der Waals surface area contributed by atoms with Crippen molar-refractivity contribution < 1.29 is 5.11 Å². The Balaban J connectivity index is 1.77. The zero-order chi connectivity index (χ0) is 13.8. The summed E-state index contributed by atoms with van der Waals surface area (Å²) in [5.41, 5.74) is 2.30. The number of aryl methyl sites for hydroxylation is 1. The van der Waals surface area contributed by atoms with Gasteiger partial charge in [0.25, 0.3) is 0 Å². The fraction of sp³-hybridized carbons (Fsp3) is 0.158. The normalized spacial score (nSPS) is 12.4. The first-order chi connectivity index (χ1) is 9.84. The third-order valence-corrected chi connectivity index (χ3v) is 3.75. The Labute approximate surface area is 119 Å². The van der Waals surface area contributed by atoms with Gasteiger partial charge in [0, 0.05) is 0 Å². The lowest BCUT2D eigenvalue weighted by atomic mass is 9.97. The second-order valence-electron chi connectivity index (χ2n) is 5.10. The van der Waals surface area contributed by atoms with Crippen molar-refractivity contribution >= 4 is 10.8 Å². The highest BCUT2D eigenvalue weighted by Crippen LogP contribution is 2.23. The summed E-state index contributed by atoms with van der Waals surface area (Å²) in [6, 6.07) is 24.7. The molecule has 0 fully saturated rings. The van der Waals surface area contributed by atoms with Crippen LogP contribution in [-0.4, -0.2) is 5.11 Å². The number of aliphatic hydroxyl groups is 1. The largest absolute Gasteiger partial charge is 0.388 e. The summed E-state index contributed by atoms with van der Waals surface area (Å²) >= 11 is 0. The molecule has 3 aromatic carbocycles. The molecular formula is C19H18O. The molecule has 0 aromatic heterocycles. The van der Waals surface area contributed by atoms with E-state index >= 15 is 0 Å². The number of hydrogen-bond donors (Lipinski definition) is 1. The van der Waals surface area contributed by atoms with Crippen LogP contribution in [-0.2, 0) is 6.42 Å². The predicted molar refractivity (Wildman–Crippen MR) is 83.7 cm³/mol. The van der Waals surface area contributed by atoms with Crippen LogP contribution in [0.1, 0.15) is 23.7 Å². The summed E-state index contributed by atoms with van der Waals surface area (Å²) in [7, 11) is 0. The Morgan fingerprint density at radius 3 is 2.30 bits per heavy atom. The maximum Gasteiger partial charge on any atom is 0.0793 e. The van der Waals surface area contributed by atoms with E-state index in [0.29, 0.717) is 0 Å². The van der Waals surface area contributed by atoms with Gasteiger partial charge in [0.1, 0.15) is 0 Å². The van der Waals surface area contributed by atoms with Gasteiger partial charge < -0.3 is 5.11 Å². The van der Waals surface area contributed by atoms with Crippen LogP contribution in [0.4, 0.5) is 0 Å². The lowest BCUT2D eigenvalue weighted by Gasteiger charge is -2.12. The molecule has 1 N–H and O–H groups in total. The first-order valence-electron chi connectivity index (χ1n) is 7.04. The summed E-state index contributed by atoms with van der Waals surface area (Å²) in [6.45, 7) is 0. The van der Waals surface area contributed by atoms with Crippen molar-refractivity contribution in [3.8, 4) is 0 Å². The number of hydrogen-bond acceptors (Lipinski definition) is 1. The average Bonchev–Trinajstić information content (AvgIpc) is 2.53. The highest BCUT2D eigenvalue weighted by molar-refractivity contribution is 5.85. The molecule has 20 heavy (non-hydrogen) atoms. The monoisotopic (exact) mass is 262 g/mol. The van der Waals surface area contributed by atoms with Gasteiger partial charge in [-0.2, -0.15) is 0 Å². The van der Waals surface area contributed by atoms with Gasteiger partial charge in [-0.3, -0.25) is 0 Å². The van der Waals surface area contributed by atoms with Crippen LogP contribution >= 0.6 is 0 Å². The minimum Gasteiger partial charge on any atom is -0.388 e. The quantitative estimate of drug-likeness (QED) is 0.733. The summed E-state index contributed by atoms with van der Waals surface area (Å²) in [4.78, 5) is 0. The molecule has 0 aliphatic heterocycles. The molecule has 1 nitrogen and oxygen atoms in total. The lowest BCUT2D eigenvalue weighted by molar-refractivity contribution is 0.168. The smallest absolute Gasteiger partial charge is 0.0793 e. The van der Waals surface area contributed by atoms with E-state index in [-0.39, 0.29) is 0 Å². The summed E-state index contributed by atoms with van der Waals surface area (Å²) in [6.07, 6.45) is 1.24. The van der Waals surface area contributed by atoms with E-state index in [1.165, 1.54) is 16.3 Å². The van der Waals surface area contributed by atoms with Crippen molar-refractivity contribution in [2.75, 3.05) is 0 Å². The molecular weight excluding hydrogens is 244 g/mol. The van der Waals surface area contributed by atoms with Crippen molar-refractivity contribution in [2.24, 2.45) is 0 Å². The van der Waals surface area contributed by atoms with E-state index < -0.39 is 6.10 Å². The Morgan fingerprint density at radius 2 is 1.45 bits per heavy atom. The average molecular weight is 262 g/mol. The van der Waals surface area contributed by atoms with Crippen LogP contribution in [0.25, 0.3) is 10.8 Å². The number of benzene rings is 3. The minimum atomic E-state index is -0.393. The highest BCUT2D eigenvalue weighted by atomic mass is 16.3. The van der Waals surface area contributed by atoms with E-state index in [0.717, 1.165) is 18.4 Å². The molecule has 0 saturated carbocycles. The van der Waals surface area contributed by atoms with Crippen molar-refractivity contribution in [3.05, 3.63) is 83.9 Å². The molecule has 0 amide bonds. The molecule has 0 aliphatic carbocycles. The van der Waals surface area contributed by atoms with Gasteiger partial charge in [0.15, 0.2) is 0 Å². The van der Waals surface area contributed by atoms with Crippen LogP contribution < -0.4 is 0 Å². The lowest BCUT2D eigenvalue weighted by Crippen LogP contribution is -1.99. The maximum atomic E-state index is 10.3. The predicted octanol–water partition coefficient (Wildman–Crippen LogP) is 4.51. The molecule has 0 spiro atoms. The first-order valence-corrected chi connectivity index (χ1v) is 7.04. The van der Waals surface area contributed by atoms with Gasteiger partial charge in [-0.05, 0) is 34.7 Å². The van der Waals surface area contributed by atoms with Gasteiger partial charge in [0.2, 0.25) is 0 Å². The summed E-state index contributed by atoms with van der Waals surface area (Å²) < 4.78 is 0. The molecule has 0 unspecified atom stereocenters. The molecule has 0 aliphatic rings. The van der Waals surface area contributed by atoms with Crippen molar-refractivity contribution in [1.82, 2.24) is 0 Å². The van der Waals surface area contributed by atoms with Crippen LogP contribution in [0.3, 0.4) is 0 Å².